The minimum atomic E-state index is -0.904. The topological polar surface area (TPSA) is 137 Å². The third-order valence-electron chi connectivity index (χ3n) is 3.89. The lowest BCUT2D eigenvalue weighted by atomic mass is 10.1. The monoisotopic (exact) mass is 388 g/mol. The number of non-ortho nitro benzene ring substituents is 1. The molecule has 0 saturated carbocycles. The van der Waals surface area contributed by atoms with Crippen LogP contribution in [0.2, 0.25) is 0 Å². The van der Waals surface area contributed by atoms with Gasteiger partial charge in [0.05, 0.1) is 17.1 Å². The fourth-order valence-electron chi connectivity index (χ4n) is 2.52. The van der Waals surface area contributed by atoms with Gasteiger partial charge in [0, 0.05) is 29.9 Å². The van der Waals surface area contributed by atoms with Gasteiger partial charge in [-0.15, -0.1) is 0 Å². The van der Waals surface area contributed by atoms with Crippen LogP contribution in [0.3, 0.4) is 0 Å². The molecule has 146 valence electrons. The van der Waals surface area contributed by atoms with Crippen LogP contribution in [-0.2, 0) is 4.74 Å². The molecule has 3 rings (SSSR count). The number of carbonyl (C=O) groups excluding carboxylic acids is 2. The quantitative estimate of drug-likeness (QED) is 0.300. The zero-order chi connectivity index (χ0) is 20.1. The third kappa shape index (κ3) is 4.18. The standard InChI is InChI=1S/C18H16N2O8/c21-6-5-19-14-3-2-12(20(24)25)8-13(14)18(23)26-9-15(22)11-1-4-16-17(7-11)28-10-27-16/h1-4,7-8,19,21H,5-6,9-10H2. The molecule has 28 heavy (non-hydrogen) atoms. The summed E-state index contributed by atoms with van der Waals surface area (Å²) < 4.78 is 15.4. The Morgan fingerprint density at radius 2 is 1.96 bits per heavy atom. The third-order valence-corrected chi connectivity index (χ3v) is 3.89. The molecule has 0 unspecified atom stereocenters. The normalized spacial score (nSPS) is 11.8. The number of nitro groups is 1. The van der Waals surface area contributed by atoms with E-state index in [0.29, 0.717) is 11.5 Å². The Morgan fingerprint density at radius 1 is 1.18 bits per heavy atom. The number of nitrogens with zero attached hydrogens (tertiary/aromatic N) is 1. The Hall–Kier alpha value is -3.66. The molecule has 0 aliphatic carbocycles. The van der Waals surface area contributed by atoms with Crippen LogP contribution in [0.15, 0.2) is 36.4 Å². The van der Waals surface area contributed by atoms with Gasteiger partial charge in [-0.2, -0.15) is 0 Å². The first kappa shape index (κ1) is 19.1. The molecule has 0 radical (unpaired) electrons. The number of fused-ring (bicyclic) bond motifs is 1. The highest BCUT2D eigenvalue weighted by Gasteiger charge is 2.21. The fourth-order valence-corrected chi connectivity index (χ4v) is 2.52. The maximum atomic E-state index is 12.4. The Labute approximate surface area is 158 Å². The molecule has 2 aromatic rings. The highest BCUT2D eigenvalue weighted by molar-refractivity contribution is 6.01. The van der Waals surface area contributed by atoms with E-state index in [1.807, 2.05) is 0 Å². The smallest absolute Gasteiger partial charge is 0.340 e. The van der Waals surface area contributed by atoms with Crippen molar-refractivity contribution in [1.29, 1.82) is 0 Å². The van der Waals surface area contributed by atoms with Gasteiger partial charge >= 0.3 is 5.97 Å². The summed E-state index contributed by atoms with van der Waals surface area (Å²) in [7, 11) is 0. The van der Waals surface area contributed by atoms with E-state index in [4.69, 9.17) is 19.3 Å². The zero-order valence-corrected chi connectivity index (χ0v) is 14.5. The summed E-state index contributed by atoms with van der Waals surface area (Å²) in [5.41, 5.74) is 0.111. The van der Waals surface area contributed by atoms with Gasteiger partial charge in [0.1, 0.15) is 0 Å². The maximum Gasteiger partial charge on any atom is 0.340 e. The van der Waals surface area contributed by atoms with Gasteiger partial charge in [-0.05, 0) is 24.3 Å². The molecule has 0 aromatic heterocycles. The van der Waals surface area contributed by atoms with E-state index >= 15 is 0 Å². The van der Waals surface area contributed by atoms with Gasteiger partial charge in [0.15, 0.2) is 23.9 Å². The summed E-state index contributed by atoms with van der Waals surface area (Å²) in [6.45, 7) is -0.554. The van der Waals surface area contributed by atoms with Gasteiger partial charge in [-0.25, -0.2) is 4.79 Å². The van der Waals surface area contributed by atoms with Crippen molar-refractivity contribution in [3.63, 3.8) is 0 Å². The number of nitro benzene ring substituents is 1. The number of aliphatic hydroxyl groups excluding tert-OH is 1. The molecule has 0 atom stereocenters. The number of esters is 1. The fraction of sp³-hybridized carbons (Fsp3) is 0.222. The predicted molar refractivity (Wildman–Crippen MR) is 95.8 cm³/mol. The summed E-state index contributed by atoms with van der Waals surface area (Å²) in [5.74, 6) is -0.434. The summed E-state index contributed by atoms with van der Waals surface area (Å²) in [6, 6.07) is 8.19. The molecule has 2 N–H and O–H groups in total. The lowest BCUT2D eigenvalue weighted by Gasteiger charge is -2.11. The van der Waals surface area contributed by atoms with Gasteiger partial charge < -0.3 is 24.6 Å². The van der Waals surface area contributed by atoms with Crippen LogP contribution in [0.25, 0.3) is 0 Å². The second-order valence-electron chi connectivity index (χ2n) is 5.70. The summed E-state index contributed by atoms with van der Waals surface area (Å²) >= 11 is 0. The van der Waals surface area contributed by atoms with Crippen molar-refractivity contribution < 1.29 is 33.8 Å². The number of benzene rings is 2. The Balaban J connectivity index is 1.72. The van der Waals surface area contributed by atoms with Gasteiger partial charge in [-0.1, -0.05) is 0 Å². The first-order valence-electron chi connectivity index (χ1n) is 8.22. The van der Waals surface area contributed by atoms with Crippen LogP contribution in [0.1, 0.15) is 20.7 Å². The summed E-state index contributed by atoms with van der Waals surface area (Å²) in [4.78, 5) is 35.0. The van der Waals surface area contributed by atoms with Crippen LogP contribution in [-0.4, -0.2) is 48.3 Å². The number of hydrogen-bond donors (Lipinski definition) is 2. The van der Waals surface area contributed by atoms with Crippen molar-refractivity contribution in [2.24, 2.45) is 0 Å². The molecule has 10 nitrogen and oxygen atoms in total. The number of nitrogens with one attached hydrogen (secondary N) is 1. The van der Waals surface area contributed by atoms with Gasteiger partial charge in [-0.3, -0.25) is 14.9 Å². The number of hydrogen-bond acceptors (Lipinski definition) is 9. The van der Waals surface area contributed by atoms with Crippen molar-refractivity contribution in [1.82, 2.24) is 0 Å². The molecule has 2 aromatic carbocycles. The van der Waals surface area contributed by atoms with E-state index in [9.17, 15) is 19.7 Å². The zero-order valence-electron chi connectivity index (χ0n) is 14.5. The number of ether oxygens (including phenoxy) is 3. The van der Waals surface area contributed by atoms with Gasteiger partial charge in [0.25, 0.3) is 5.69 Å². The molecule has 0 bridgehead atoms. The van der Waals surface area contributed by atoms with E-state index < -0.39 is 23.3 Å². The molecule has 1 aliphatic rings. The molecule has 0 saturated heterocycles. The second-order valence-corrected chi connectivity index (χ2v) is 5.70. The average Bonchev–Trinajstić information content (AvgIpc) is 3.17. The molecule has 1 heterocycles. The van der Waals surface area contributed by atoms with Crippen LogP contribution < -0.4 is 14.8 Å². The minimum Gasteiger partial charge on any atom is -0.454 e. The minimum absolute atomic E-state index is 0.0678. The first-order chi connectivity index (χ1) is 13.5. The van der Waals surface area contributed by atoms with E-state index in [-0.39, 0.29) is 42.4 Å². The van der Waals surface area contributed by atoms with Crippen LogP contribution >= 0.6 is 0 Å². The lowest BCUT2D eigenvalue weighted by molar-refractivity contribution is -0.384. The van der Waals surface area contributed by atoms with E-state index in [0.717, 1.165) is 6.07 Å². The van der Waals surface area contributed by atoms with Crippen molar-refractivity contribution in [3.8, 4) is 11.5 Å². The highest BCUT2D eigenvalue weighted by atomic mass is 16.7. The Kier molecular flexibility index (Phi) is 5.70. The average molecular weight is 388 g/mol. The molecule has 1 aliphatic heterocycles. The van der Waals surface area contributed by atoms with Crippen molar-refractivity contribution in [3.05, 3.63) is 57.6 Å². The van der Waals surface area contributed by atoms with E-state index in [2.05, 4.69) is 5.32 Å². The number of carbonyl (C=O) groups is 2. The van der Waals surface area contributed by atoms with E-state index in [1.54, 1.807) is 6.07 Å². The second kappa shape index (κ2) is 8.35. The molecule has 0 spiro atoms. The van der Waals surface area contributed by atoms with Crippen LogP contribution in [0.4, 0.5) is 11.4 Å². The summed E-state index contributed by atoms with van der Waals surface area (Å²) in [6.07, 6.45) is 0. The predicted octanol–water partition coefficient (Wildman–Crippen LogP) is 1.77. The van der Waals surface area contributed by atoms with Crippen molar-refractivity contribution in [2.45, 2.75) is 0 Å². The molecular weight excluding hydrogens is 372 g/mol. The Bertz CT molecular complexity index is 928. The van der Waals surface area contributed by atoms with Gasteiger partial charge in [0.2, 0.25) is 6.79 Å². The molecule has 0 fully saturated rings. The molecule has 0 amide bonds. The highest BCUT2D eigenvalue weighted by Crippen LogP contribution is 2.32. The SMILES string of the molecule is O=C(COC(=O)c1cc([N+](=O)[O-])ccc1NCCO)c1ccc2c(c1)OCO2. The summed E-state index contributed by atoms with van der Waals surface area (Å²) in [5, 5.41) is 22.6. The number of rotatable bonds is 8. The number of ketones is 1. The number of anilines is 1. The maximum absolute atomic E-state index is 12.4. The lowest BCUT2D eigenvalue weighted by Crippen LogP contribution is -2.17. The molecule has 10 heteroatoms. The largest absolute Gasteiger partial charge is 0.454 e. The number of Topliss-reactive ketones (excluding diaryl/α,β-unsaturated/α-hetero) is 1. The van der Waals surface area contributed by atoms with Crippen molar-refractivity contribution in [2.75, 3.05) is 31.9 Å². The van der Waals surface area contributed by atoms with Crippen LogP contribution in [0, 0.1) is 10.1 Å². The van der Waals surface area contributed by atoms with Crippen molar-refractivity contribution >= 4 is 23.1 Å². The first-order valence-corrected chi connectivity index (χ1v) is 8.22. The molecular formula is C18H16N2O8. The van der Waals surface area contributed by atoms with E-state index in [1.165, 1.54) is 24.3 Å². The Morgan fingerprint density at radius 3 is 2.71 bits per heavy atom. The number of aliphatic hydroxyl groups is 1. The van der Waals surface area contributed by atoms with Crippen LogP contribution in [0.5, 0.6) is 11.5 Å².